The Bertz CT molecular complexity index is 344. The number of aliphatic hydroxyl groups excluding tert-OH is 1. The molecule has 1 aromatic carbocycles. The van der Waals surface area contributed by atoms with Crippen LogP contribution in [0.2, 0.25) is 0 Å². The average molecular weight is 268 g/mol. The number of ether oxygens (including phenoxy) is 2. The zero-order valence-corrected chi connectivity index (χ0v) is 11.4. The van der Waals surface area contributed by atoms with E-state index in [1.807, 2.05) is 18.2 Å². The third kappa shape index (κ3) is 3.99. The maximum atomic E-state index is 9.03. The van der Waals surface area contributed by atoms with Crippen LogP contribution in [0.3, 0.4) is 0 Å². The maximum absolute atomic E-state index is 9.03. The molecule has 2 rings (SSSR count). The zero-order valence-electron chi connectivity index (χ0n) is 10.6. The predicted octanol–water partition coefficient (Wildman–Crippen LogP) is 2.68. The Labute approximate surface area is 112 Å². The number of thioether (sulfide) groups is 1. The highest BCUT2D eigenvalue weighted by molar-refractivity contribution is 7.99. The fourth-order valence-corrected chi connectivity index (χ4v) is 3.32. The molecule has 0 radical (unpaired) electrons. The molecule has 18 heavy (non-hydrogen) atoms. The first-order chi connectivity index (χ1) is 8.81. The minimum Gasteiger partial charge on any atom is -0.396 e. The maximum Gasteiger partial charge on any atom is 0.110 e. The van der Waals surface area contributed by atoms with Crippen molar-refractivity contribution in [2.75, 3.05) is 13.7 Å². The number of rotatable bonds is 5. The molecule has 0 unspecified atom stereocenters. The summed E-state index contributed by atoms with van der Waals surface area (Å²) in [4.78, 5) is 1.21. The normalized spacial score (nSPS) is 28.2. The van der Waals surface area contributed by atoms with Crippen molar-refractivity contribution in [1.82, 2.24) is 0 Å². The van der Waals surface area contributed by atoms with Crippen molar-refractivity contribution in [1.29, 1.82) is 0 Å². The molecule has 0 bridgehead atoms. The van der Waals surface area contributed by atoms with E-state index < -0.39 is 0 Å². The summed E-state index contributed by atoms with van der Waals surface area (Å²) in [7, 11) is 1.75. The number of benzene rings is 1. The SMILES string of the molecule is CO[C@H]1C[C@@H](CCO)O[C@H](Sc2ccccc2)C1. The second-order valence-electron chi connectivity index (χ2n) is 4.46. The Hall–Kier alpha value is -0.550. The molecular formula is C14H20O3S. The van der Waals surface area contributed by atoms with Gasteiger partial charge in [-0.05, 0) is 18.6 Å². The second kappa shape index (κ2) is 7.14. The lowest BCUT2D eigenvalue weighted by Gasteiger charge is -2.34. The van der Waals surface area contributed by atoms with Gasteiger partial charge >= 0.3 is 0 Å². The predicted molar refractivity (Wildman–Crippen MR) is 72.7 cm³/mol. The zero-order chi connectivity index (χ0) is 12.8. The van der Waals surface area contributed by atoms with Crippen molar-refractivity contribution in [2.45, 2.75) is 41.8 Å². The number of hydrogen-bond donors (Lipinski definition) is 1. The Kier molecular flexibility index (Phi) is 5.50. The van der Waals surface area contributed by atoms with Crippen LogP contribution < -0.4 is 0 Å². The molecular weight excluding hydrogens is 248 g/mol. The molecule has 1 saturated heterocycles. The van der Waals surface area contributed by atoms with Crippen LogP contribution in [0.25, 0.3) is 0 Å². The summed E-state index contributed by atoms with van der Waals surface area (Å²) >= 11 is 1.73. The highest BCUT2D eigenvalue weighted by atomic mass is 32.2. The van der Waals surface area contributed by atoms with Gasteiger partial charge in [-0.2, -0.15) is 0 Å². The summed E-state index contributed by atoms with van der Waals surface area (Å²) in [6.07, 6.45) is 2.80. The van der Waals surface area contributed by atoms with Gasteiger partial charge < -0.3 is 14.6 Å². The van der Waals surface area contributed by atoms with Crippen LogP contribution in [0.4, 0.5) is 0 Å². The topological polar surface area (TPSA) is 38.7 Å². The smallest absolute Gasteiger partial charge is 0.110 e. The van der Waals surface area contributed by atoms with Crippen molar-refractivity contribution >= 4 is 11.8 Å². The van der Waals surface area contributed by atoms with Gasteiger partial charge in [0.2, 0.25) is 0 Å². The fraction of sp³-hybridized carbons (Fsp3) is 0.571. The van der Waals surface area contributed by atoms with E-state index in [0.29, 0.717) is 6.42 Å². The summed E-state index contributed by atoms with van der Waals surface area (Å²) in [5, 5.41) is 9.03. The van der Waals surface area contributed by atoms with Crippen molar-refractivity contribution < 1.29 is 14.6 Å². The van der Waals surface area contributed by atoms with E-state index in [4.69, 9.17) is 14.6 Å². The number of hydrogen-bond acceptors (Lipinski definition) is 4. The lowest BCUT2D eigenvalue weighted by Crippen LogP contribution is -2.35. The van der Waals surface area contributed by atoms with Crippen LogP contribution in [-0.4, -0.2) is 36.5 Å². The molecule has 100 valence electrons. The number of aliphatic hydroxyl groups is 1. The van der Waals surface area contributed by atoms with Gasteiger partial charge in [0.1, 0.15) is 5.44 Å². The first-order valence-electron chi connectivity index (χ1n) is 6.32. The van der Waals surface area contributed by atoms with E-state index in [1.54, 1.807) is 18.9 Å². The van der Waals surface area contributed by atoms with E-state index in [1.165, 1.54) is 4.90 Å². The highest BCUT2D eigenvalue weighted by Gasteiger charge is 2.29. The largest absolute Gasteiger partial charge is 0.396 e. The molecule has 1 N–H and O–H groups in total. The Morgan fingerprint density at radius 1 is 1.33 bits per heavy atom. The molecule has 1 aromatic rings. The van der Waals surface area contributed by atoms with Crippen molar-refractivity contribution in [3.05, 3.63) is 30.3 Å². The van der Waals surface area contributed by atoms with E-state index in [2.05, 4.69) is 12.1 Å². The van der Waals surface area contributed by atoms with Crippen LogP contribution in [-0.2, 0) is 9.47 Å². The van der Waals surface area contributed by atoms with E-state index in [9.17, 15) is 0 Å². The standard InChI is InChI=1S/C14H20O3S/c1-16-12-9-11(7-8-15)17-14(10-12)18-13-5-3-2-4-6-13/h2-6,11-12,14-15H,7-10H2,1H3/t11-,12+,14-/m1/s1. The quantitative estimate of drug-likeness (QED) is 0.891. The summed E-state index contributed by atoms with van der Waals surface area (Å²) in [5.74, 6) is 0. The summed E-state index contributed by atoms with van der Waals surface area (Å²) < 4.78 is 11.4. The monoisotopic (exact) mass is 268 g/mol. The molecule has 0 saturated carbocycles. The Balaban J connectivity index is 1.94. The molecule has 4 heteroatoms. The summed E-state index contributed by atoms with van der Waals surface area (Å²) in [6.45, 7) is 0.170. The van der Waals surface area contributed by atoms with Gasteiger partial charge in [0.15, 0.2) is 0 Å². The minimum absolute atomic E-state index is 0.106. The van der Waals surface area contributed by atoms with Crippen LogP contribution in [0.15, 0.2) is 35.2 Å². The van der Waals surface area contributed by atoms with E-state index in [-0.39, 0.29) is 24.3 Å². The van der Waals surface area contributed by atoms with Crippen molar-refractivity contribution in [3.63, 3.8) is 0 Å². The molecule has 0 aromatic heterocycles. The minimum atomic E-state index is 0.106. The van der Waals surface area contributed by atoms with Gasteiger partial charge in [-0.1, -0.05) is 30.0 Å². The molecule has 3 atom stereocenters. The average Bonchev–Trinajstić information content (AvgIpc) is 2.40. The molecule has 1 aliphatic heterocycles. The van der Waals surface area contributed by atoms with Gasteiger partial charge in [-0.25, -0.2) is 0 Å². The molecule has 1 fully saturated rings. The van der Waals surface area contributed by atoms with Crippen LogP contribution in [0.5, 0.6) is 0 Å². The van der Waals surface area contributed by atoms with Gasteiger partial charge in [0, 0.05) is 31.5 Å². The van der Waals surface area contributed by atoms with Crippen LogP contribution >= 0.6 is 11.8 Å². The first kappa shape index (κ1) is 13.9. The third-order valence-electron chi connectivity index (χ3n) is 3.12. The van der Waals surface area contributed by atoms with E-state index >= 15 is 0 Å². The molecule has 0 spiro atoms. The Morgan fingerprint density at radius 3 is 2.78 bits per heavy atom. The first-order valence-corrected chi connectivity index (χ1v) is 7.20. The Morgan fingerprint density at radius 2 is 2.11 bits per heavy atom. The van der Waals surface area contributed by atoms with Gasteiger partial charge in [0.25, 0.3) is 0 Å². The summed E-state index contributed by atoms with van der Waals surface area (Å²) in [5.41, 5.74) is 0.114. The second-order valence-corrected chi connectivity index (χ2v) is 5.69. The molecule has 1 aliphatic rings. The molecule has 1 heterocycles. The van der Waals surface area contributed by atoms with E-state index in [0.717, 1.165) is 12.8 Å². The fourth-order valence-electron chi connectivity index (χ4n) is 2.18. The molecule has 0 aliphatic carbocycles. The van der Waals surface area contributed by atoms with Crippen molar-refractivity contribution in [2.24, 2.45) is 0 Å². The molecule has 0 amide bonds. The highest BCUT2D eigenvalue weighted by Crippen LogP contribution is 2.34. The lowest BCUT2D eigenvalue weighted by atomic mass is 10.0. The van der Waals surface area contributed by atoms with Crippen LogP contribution in [0.1, 0.15) is 19.3 Å². The third-order valence-corrected chi connectivity index (χ3v) is 4.23. The molecule has 3 nitrogen and oxygen atoms in total. The lowest BCUT2D eigenvalue weighted by molar-refractivity contribution is -0.0785. The van der Waals surface area contributed by atoms with Crippen LogP contribution in [0, 0.1) is 0 Å². The summed E-state index contributed by atoms with van der Waals surface area (Å²) in [6, 6.07) is 10.3. The van der Waals surface area contributed by atoms with Gasteiger partial charge in [-0.3, -0.25) is 0 Å². The van der Waals surface area contributed by atoms with Crippen molar-refractivity contribution in [3.8, 4) is 0 Å². The van der Waals surface area contributed by atoms with Gasteiger partial charge in [0.05, 0.1) is 12.2 Å². The number of methoxy groups -OCH3 is 1. The van der Waals surface area contributed by atoms with Gasteiger partial charge in [-0.15, -0.1) is 0 Å².